The first kappa shape index (κ1) is 15.3. The van der Waals surface area contributed by atoms with Gasteiger partial charge in [0.15, 0.2) is 0 Å². The van der Waals surface area contributed by atoms with Gasteiger partial charge in [-0.05, 0) is 61.3 Å². The minimum Gasteiger partial charge on any atom is -0.207 e. The zero-order chi connectivity index (χ0) is 15.2. The van der Waals surface area contributed by atoms with E-state index in [1.54, 1.807) is 10.4 Å². The molecule has 1 saturated heterocycles. The molecule has 2 fully saturated rings. The topological polar surface area (TPSA) is 37.4 Å². The number of alkyl halides is 1. The summed E-state index contributed by atoms with van der Waals surface area (Å²) in [5, 5.41) is 0. The zero-order valence-corrected chi connectivity index (χ0v) is 14.2. The molecule has 0 bridgehead atoms. The van der Waals surface area contributed by atoms with Crippen LogP contribution in [-0.2, 0) is 15.9 Å². The van der Waals surface area contributed by atoms with Crippen LogP contribution < -0.4 is 0 Å². The van der Waals surface area contributed by atoms with Gasteiger partial charge in [-0.1, -0.05) is 12.5 Å². The van der Waals surface area contributed by atoms with E-state index in [2.05, 4.69) is 0 Å². The molecule has 21 heavy (non-hydrogen) atoms. The lowest BCUT2D eigenvalue weighted by Gasteiger charge is -2.20. The molecule has 1 aliphatic carbocycles. The molecule has 116 valence electrons. The predicted molar refractivity (Wildman–Crippen MR) is 85.1 cm³/mol. The number of hydrogen-bond donors (Lipinski definition) is 0. The molecular formula is C16H22ClNO2S. The summed E-state index contributed by atoms with van der Waals surface area (Å²) in [6, 6.07) is 3.72. The van der Waals surface area contributed by atoms with Crippen molar-refractivity contribution in [2.75, 3.05) is 13.1 Å². The lowest BCUT2D eigenvalue weighted by atomic mass is 10.0. The molecule has 1 saturated carbocycles. The molecule has 1 aromatic carbocycles. The van der Waals surface area contributed by atoms with Crippen LogP contribution in [0.3, 0.4) is 0 Å². The number of fused-ring (bicyclic) bond motifs is 1. The molecule has 1 aliphatic heterocycles. The van der Waals surface area contributed by atoms with Crippen LogP contribution >= 0.6 is 11.6 Å². The van der Waals surface area contributed by atoms with Crippen molar-refractivity contribution in [3.05, 3.63) is 28.8 Å². The van der Waals surface area contributed by atoms with Crippen LogP contribution in [0.5, 0.6) is 0 Å². The highest BCUT2D eigenvalue weighted by molar-refractivity contribution is 7.89. The highest BCUT2D eigenvalue weighted by Gasteiger charge is 2.41. The quantitative estimate of drug-likeness (QED) is 0.797. The first-order chi connectivity index (χ1) is 9.93. The first-order valence-electron chi connectivity index (χ1n) is 7.59. The average Bonchev–Trinajstić information content (AvgIpc) is 3.02. The number of hydrogen-bond acceptors (Lipinski definition) is 2. The molecule has 3 nitrogen and oxygen atoms in total. The number of halogens is 1. The predicted octanol–water partition coefficient (Wildman–Crippen LogP) is 3.46. The Morgan fingerprint density at radius 1 is 1.19 bits per heavy atom. The van der Waals surface area contributed by atoms with Crippen LogP contribution in [0.2, 0.25) is 0 Å². The Hall–Kier alpha value is -0.580. The van der Waals surface area contributed by atoms with Gasteiger partial charge in [0.25, 0.3) is 0 Å². The third-order valence-electron chi connectivity index (χ3n) is 5.14. The van der Waals surface area contributed by atoms with E-state index >= 15 is 0 Å². The van der Waals surface area contributed by atoms with Gasteiger partial charge in [-0.25, -0.2) is 8.42 Å². The lowest BCUT2D eigenvalue weighted by Crippen LogP contribution is -2.30. The molecule has 2 atom stereocenters. The van der Waals surface area contributed by atoms with Gasteiger partial charge in [-0.15, -0.1) is 11.6 Å². The van der Waals surface area contributed by atoms with Crippen molar-refractivity contribution in [1.29, 1.82) is 0 Å². The number of rotatable bonds is 3. The van der Waals surface area contributed by atoms with Crippen LogP contribution in [0.25, 0.3) is 0 Å². The number of nitrogens with zero attached hydrogens (tertiary/aromatic N) is 1. The summed E-state index contributed by atoms with van der Waals surface area (Å²) >= 11 is 5.90. The molecule has 0 spiro atoms. The molecule has 1 aromatic rings. The number of sulfonamides is 1. The van der Waals surface area contributed by atoms with Crippen LogP contribution in [0.1, 0.15) is 36.0 Å². The van der Waals surface area contributed by atoms with E-state index in [1.165, 1.54) is 19.3 Å². The summed E-state index contributed by atoms with van der Waals surface area (Å²) in [5.74, 6) is 1.48. The lowest BCUT2D eigenvalue weighted by molar-refractivity contribution is 0.445. The standard InChI is InChI=1S/C16H22ClNO2S/c1-11-6-13(8-17)7-16(12(11)2)21(19,20)18-9-14-4-3-5-15(14)10-18/h6-7,14-15H,3-5,8-10H2,1-2H3. The second-order valence-electron chi connectivity index (χ2n) is 6.44. The van der Waals surface area contributed by atoms with Gasteiger partial charge in [0.05, 0.1) is 4.90 Å². The molecule has 2 aliphatic rings. The average molecular weight is 328 g/mol. The molecular weight excluding hydrogens is 306 g/mol. The van der Waals surface area contributed by atoms with Gasteiger partial charge in [0.1, 0.15) is 0 Å². The van der Waals surface area contributed by atoms with Crippen molar-refractivity contribution in [3.8, 4) is 0 Å². The Kier molecular flexibility index (Phi) is 4.06. The van der Waals surface area contributed by atoms with E-state index in [0.717, 1.165) is 16.7 Å². The smallest absolute Gasteiger partial charge is 0.207 e. The maximum atomic E-state index is 13.0. The molecule has 0 N–H and O–H groups in total. The van der Waals surface area contributed by atoms with Gasteiger partial charge >= 0.3 is 0 Å². The fourth-order valence-corrected chi connectivity index (χ4v) is 5.83. The van der Waals surface area contributed by atoms with Gasteiger partial charge in [0, 0.05) is 19.0 Å². The molecule has 5 heteroatoms. The van der Waals surface area contributed by atoms with E-state index in [1.807, 2.05) is 19.9 Å². The number of aryl methyl sites for hydroxylation is 1. The monoisotopic (exact) mass is 327 g/mol. The second kappa shape index (κ2) is 5.56. The minimum atomic E-state index is -3.39. The van der Waals surface area contributed by atoms with Crippen molar-refractivity contribution in [2.45, 2.75) is 43.9 Å². The molecule has 1 heterocycles. The number of benzene rings is 1. The highest BCUT2D eigenvalue weighted by atomic mass is 35.5. The van der Waals surface area contributed by atoms with Gasteiger partial charge in [-0.2, -0.15) is 4.31 Å². The van der Waals surface area contributed by atoms with Crippen LogP contribution in [-0.4, -0.2) is 25.8 Å². The van der Waals surface area contributed by atoms with E-state index in [0.29, 0.717) is 35.7 Å². The normalized spacial score (nSPS) is 26.2. The van der Waals surface area contributed by atoms with Crippen molar-refractivity contribution in [1.82, 2.24) is 4.31 Å². The molecule has 0 aromatic heterocycles. The molecule has 0 radical (unpaired) electrons. The Balaban J connectivity index is 1.97. The Labute approximate surface area is 132 Å². The van der Waals surface area contributed by atoms with Crippen molar-refractivity contribution in [2.24, 2.45) is 11.8 Å². The fourth-order valence-electron chi connectivity index (χ4n) is 3.77. The zero-order valence-electron chi connectivity index (χ0n) is 12.6. The van der Waals surface area contributed by atoms with E-state index < -0.39 is 10.0 Å². The Bertz CT molecular complexity index is 644. The molecule has 0 amide bonds. The summed E-state index contributed by atoms with van der Waals surface area (Å²) in [6.45, 7) is 5.22. The van der Waals surface area contributed by atoms with E-state index in [-0.39, 0.29) is 0 Å². The maximum absolute atomic E-state index is 13.0. The maximum Gasteiger partial charge on any atom is 0.243 e. The summed E-state index contributed by atoms with van der Waals surface area (Å²) in [7, 11) is -3.39. The summed E-state index contributed by atoms with van der Waals surface area (Å²) in [5.41, 5.74) is 2.71. The van der Waals surface area contributed by atoms with E-state index in [9.17, 15) is 8.42 Å². The largest absolute Gasteiger partial charge is 0.243 e. The van der Waals surface area contributed by atoms with Gasteiger partial charge < -0.3 is 0 Å². The van der Waals surface area contributed by atoms with Crippen LogP contribution in [0.15, 0.2) is 17.0 Å². The van der Waals surface area contributed by atoms with Crippen molar-refractivity contribution >= 4 is 21.6 Å². The minimum absolute atomic E-state index is 0.342. The Morgan fingerprint density at radius 2 is 1.81 bits per heavy atom. The third-order valence-corrected chi connectivity index (χ3v) is 7.41. The van der Waals surface area contributed by atoms with Gasteiger partial charge in [0.2, 0.25) is 10.0 Å². The van der Waals surface area contributed by atoms with E-state index in [4.69, 9.17) is 11.6 Å². The fraction of sp³-hybridized carbons (Fsp3) is 0.625. The van der Waals surface area contributed by atoms with Gasteiger partial charge in [-0.3, -0.25) is 0 Å². The third kappa shape index (κ3) is 2.62. The van der Waals surface area contributed by atoms with Crippen molar-refractivity contribution < 1.29 is 8.42 Å². The van der Waals surface area contributed by atoms with Crippen LogP contribution in [0, 0.1) is 25.7 Å². The summed E-state index contributed by atoms with van der Waals surface area (Å²) < 4.78 is 27.7. The summed E-state index contributed by atoms with van der Waals surface area (Å²) in [4.78, 5) is 0.443. The Morgan fingerprint density at radius 3 is 2.38 bits per heavy atom. The SMILES string of the molecule is Cc1cc(CCl)cc(S(=O)(=O)N2CC3CCCC3C2)c1C. The summed E-state index contributed by atoms with van der Waals surface area (Å²) in [6.07, 6.45) is 3.61. The highest BCUT2D eigenvalue weighted by Crippen LogP contribution is 2.40. The van der Waals surface area contributed by atoms with Crippen LogP contribution in [0.4, 0.5) is 0 Å². The first-order valence-corrected chi connectivity index (χ1v) is 9.57. The van der Waals surface area contributed by atoms with Crippen molar-refractivity contribution in [3.63, 3.8) is 0 Å². The molecule has 2 unspecified atom stereocenters. The second-order valence-corrected chi connectivity index (χ2v) is 8.62. The molecule has 3 rings (SSSR count).